The van der Waals surface area contributed by atoms with Crippen LogP contribution in [0, 0.1) is 0 Å². The van der Waals surface area contributed by atoms with Crippen molar-refractivity contribution in [3.63, 3.8) is 0 Å². The molecule has 0 aliphatic heterocycles. The van der Waals surface area contributed by atoms with Crippen molar-refractivity contribution < 1.29 is 27.9 Å². The van der Waals surface area contributed by atoms with Crippen molar-refractivity contribution >= 4 is 7.60 Å². The van der Waals surface area contributed by atoms with Crippen LogP contribution >= 0.6 is 7.60 Å². The number of hydrogen-bond acceptors (Lipinski definition) is 4. The van der Waals surface area contributed by atoms with Gasteiger partial charge >= 0.3 is 7.60 Å². The first-order valence-electron chi connectivity index (χ1n) is 8.31. The van der Waals surface area contributed by atoms with Crippen LogP contribution in [0.2, 0.25) is 0 Å². The molecule has 3 rings (SSSR count). The smallest absolute Gasteiger partial charge is 0.331 e. The number of hydrogen-bond donors (Lipinski definition) is 2. The highest BCUT2D eigenvalue weighted by atomic mass is 31.2. The van der Waals surface area contributed by atoms with Gasteiger partial charge in [-0.3, -0.25) is 4.57 Å². The number of aryl methyl sites for hydroxylation is 2. The molecular formula is C17H21N4O4P+2. The summed E-state index contributed by atoms with van der Waals surface area (Å²) >= 11 is 0. The van der Waals surface area contributed by atoms with E-state index in [4.69, 9.17) is 14.2 Å². The van der Waals surface area contributed by atoms with Crippen LogP contribution in [0.25, 0.3) is 22.9 Å². The molecule has 0 unspecified atom stereocenters. The molecule has 3 aromatic heterocycles. The molecular weight excluding hydrogens is 355 g/mol. The third-order valence-corrected chi connectivity index (χ3v) is 4.62. The molecule has 3 aromatic rings. The Bertz CT molecular complexity index is 903. The number of rotatable bonds is 7. The monoisotopic (exact) mass is 376 g/mol. The van der Waals surface area contributed by atoms with E-state index in [0.717, 1.165) is 24.1 Å². The largest absolute Gasteiger partial charge is 0.416 e. The second kappa shape index (κ2) is 7.86. The van der Waals surface area contributed by atoms with Crippen LogP contribution in [0.15, 0.2) is 53.5 Å². The molecule has 0 amide bonds. The number of aromatic nitrogens is 4. The fourth-order valence-electron chi connectivity index (χ4n) is 2.46. The molecule has 0 aliphatic carbocycles. The van der Waals surface area contributed by atoms with Crippen molar-refractivity contribution in [3.05, 3.63) is 49.1 Å². The van der Waals surface area contributed by atoms with Crippen molar-refractivity contribution in [1.82, 2.24) is 10.2 Å². The molecule has 0 aromatic carbocycles. The average Bonchev–Trinajstić information content (AvgIpc) is 3.11. The first kappa shape index (κ1) is 18.4. The predicted octanol–water partition coefficient (Wildman–Crippen LogP) is 1.57. The third-order valence-electron chi connectivity index (χ3n) is 3.83. The highest BCUT2D eigenvalue weighted by Gasteiger charge is 2.17. The lowest BCUT2D eigenvalue weighted by Gasteiger charge is -2.00. The van der Waals surface area contributed by atoms with Crippen LogP contribution < -0.4 is 9.13 Å². The molecule has 9 heteroatoms. The lowest BCUT2D eigenvalue weighted by molar-refractivity contribution is -0.696. The van der Waals surface area contributed by atoms with E-state index in [-0.39, 0.29) is 12.7 Å². The van der Waals surface area contributed by atoms with Crippen LogP contribution in [0.3, 0.4) is 0 Å². The Kier molecular flexibility index (Phi) is 5.56. The van der Waals surface area contributed by atoms with Crippen molar-refractivity contribution in [1.29, 1.82) is 0 Å². The minimum atomic E-state index is -4.00. The molecule has 8 nitrogen and oxygen atoms in total. The molecule has 3 heterocycles. The zero-order valence-corrected chi connectivity index (χ0v) is 15.3. The van der Waals surface area contributed by atoms with Crippen molar-refractivity contribution in [2.75, 3.05) is 6.16 Å². The van der Waals surface area contributed by atoms with E-state index >= 15 is 0 Å². The maximum Gasteiger partial charge on any atom is 0.331 e. The fraction of sp³-hybridized carbons (Fsp3) is 0.294. The van der Waals surface area contributed by atoms with Gasteiger partial charge in [0.15, 0.2) is 31.3 Å². The standard InChI is InChI=1S/C17H19N4O4P/c1-2-7-20-8-3-14(4-9-20)16-18-19-17(25-16)15-5-10-21(11-6-15)12-13-26(22,23)24/h3-6,8-11H,2,7,12-13H2,1H3/p+2. The van der Waals surface area contributed by atoms with Gasteiger partial charge in [0.2, 0.25) is 11.8 Å². The van der Waals surface area contributed by atoms with Crippen LogP contribution in [0.5, 0.6) is 0 Å². The second-order valence-electron chi connectivity index (χ2n) is 5.95. The molecule has 0 aliphatic rings. The molecule has 0 saturated carbocycles. The third kappa shape index (κ3) is 4.82. The van der Waals surface area contributed by atoms with Gasteiger partial charge in [0.05, 0.1) is 11.1 Å². The summed E-state index contributed by atoms with van der Waals surface area (Å²) in [5.41, 5.74) is 1.59. The van der Waals surface area contributed by atoms with Gasteiger partial charge in [-0.25, -0.2) is 9.13 Å². The molecule has 136 valence electrons. The van der Waals surface area contributed by atoms with E-state index in [1.54, 1.807) is 29.1 Å². The fourth-order valence-corrected chi connectivity index (χ4v) is 2.95. The summed E-state index contributed by atoms with van der Waals surface area (Å²) in [7, 11) is -4.00. The molecule has 0 radical (unpaired) electrons. The zero-order chi connectivity index (χ0) is 18.6. The van der Waals surface area contributed by atoms with Gasteiger partial charge in [-0.2, -0.15) is 0 Å². The minimum absolute atomic E-state index is 0.201. The van der Waals surface area contributed by atoms with Gasteiger partial charge in [0.1, 0.15) is 12.7 Å². The van der Waals surface area contributed by atoms with Gasteiger partial charge in [-0.15, -0.1) is 10.2 Å². The quantitative estimate of drug-likeness (QED) is 0.479. The Morgan fingerprint density at radius 3 is 1.81 bits per heavy atom. The van der Waals surface area contributed by atoms with Gasteiger partial charge < -0.3 is 14.2 Å². The Morgan fingerprint density at radius 1 is 0.923 bits per heavy atom. The van der Waals surface area contributed by atoms with Crippen LogP contribution in [0.1, 0.15) is 13.3 Å². The van der Waals surface area contributed by atoms with Gasteiger partial charge in [0.25, 0.3) is 0 Å². The summed E-state index contributed by atoms with van der Waals surface area (Å²) in [5, 5.41) is 8.17. The molecule has 0 bridgehead atoms. The van der Waals surface area contributed by atoms with E-state index in [0.29, 0.717) is 11.8 Å². The van der Waals surface area contributed by atoms with E-state index in [9.17, 15) is 4.57 Å². The van der Waals surface area contributed by atoms with E-state index in [1.807, 2.05) is 24.5 Å². The van der Waals surface area contributed by atoms with E-state index < -0.39 is 7.60 Å². The summed E-state index contributed by atoms with van der Waals surface area (Å²) in [5.74, 6) is 0.842. The number of nitrogens with zero attached hydrogens (tertiary/aromatic N) is 4. The first-order valence-corrected chi connectivity index (χ1v) is 10.1. The van der Waals surface area contributed by atoms with Gasteiger partial charge in [-0.05, 0) is 0 Å². The minimum Gasteiger partial charge on any atom is -0.416 e. The van der Waals surface area contributed by atoms with Crippen LogP contribution in [-0.4, -0.2) is 26.1 Å². The lowest BCUT2D eigenvalue weighted by Crippen LogP contribution is -2.34. The molecule has 26 heavy (non-hydrogen) atoms. The Labute approximate surface area is 150 Å². The van der Waals surface area contributed by atoms with E-state index in [1.165, 1.54) is 0 Å². The molecule has 2 N–H and O–H groups in total. The second-order valence-corrected chi connectivity index (χ2v) is 7.73. The molecule has 0 spiro atoms. The summed E-state index contributed by atoms with van der Waals surface area (Å²) in [6.07, 6.45) is 8.28. The number of pyridine rings is 2. The highest BCUT2D eigenvalue weighted by molar-refractivity contribution is 7.51. The SMILES string of the molecule is CCC[n+]1ccc(-c2nnc(-c3cc[n+](CCP(=O)(O)O)cc3)o2)cc1. The van der Waals surface area contributed by atoms with Crippen LogP contribution in [-0.2, 0) is 17.7 Å². The van der Waals surface area contributed by atoms with E-state index in [2.05, 4.69) is 21.7 Å². The molecule has 0 atom stereocenters. The zero-order valence-electron chi connectivity index (χ0n) is 14.4. The topological polar surface area (TPSA) is 104 Å². The predicted molar refractivity (Wildman–Crippen MR) is 92.8 cm³/mol. The normalized spacial score (nSPS) is 11.7. The molecule has 0 saturated heterocycles. The summed E-state index contributed by atoms with van der Waals surface area (Å²) in [4.78, 5) is 17.9. The Hall–Kier alpha value is -2.41. The Morgan fingerprint density at radius 2 is 1.38 bits per heavy atom. The van der Waals surface area contributed by atoms with Crippen molar-refractivity contribution in [2.45, 2.75) is 26.4 Å². The molecule has 0 fully saturated rings. The first-order chi connectivity index (χ1) is 12.4. The summed E-state index contributed by atoms with van der Waals surface area (Å²) in [6.45, 7) is 3.32. The summed E-state index contributed by atoms with van der Waals surface area (Å²) < 4.78 is 20.5. The maximum atomic E-state index is 10.9. The van der Waals surface area contributed by atoms with Crippen LogP contribution in [0.4, 0.5) is 0 Å². The van der Waals surface area contributed by atoms with Gasteiger partial charge in [-0.1, -0.05) is 6.92 Å². The highest BCUT2D eigenvalue weighted by Crippen LogP contribution is 2.33. The average molecular weight is 376 g/mol. The Balaban J connectivity index is 1.72. The lowest BCUT2D eigenvalue weighted by atomic mass is 10.2. The van der Waals surface area contributed by atoms with Crippen molar-refractivity contribution in [3.8, 4) is 22.9 Å². The maximum absolute atomic E-state index is 10.9. The summed E-state index contributed by atoms with van der Waals surface area (Å²) in [6, 6.07) is 7.43. The van der Waals surface area contributed by atoms with Gasteiger partial charge in [0, 0.05) is 30.7 Å². The van der Waals surface area contributed by atoms with Crippen molar-refractivity contribution in [2.24, 2.45) is 0 Å².